The summed E-state index contributed by atoms with van der Waals surface area (Å²) in [4.78, 5) is 12.7. The molecule has 0 spiro atoms. The summed E-state index contributed by atoms with van der Waals surface area (Å²) in [6.45, 7) is 7.58. The van der Waals surface area contributed by atoms with E-state index in [-0.39, 0.29) is 5.12 Å². The molecule has 0 bridgehead atoms. The molecule has 0 radical (unpaired) electrons. The molecule has 0 heterocycles. The van der Waals surface area contributed by atoms with Crippen LogP contribution in [0.15, 0.2) is 59.0 Å². The molecule has 0 saturated heterocycles. The summed E-state index contributed by atoms with van der Waals surface area (Å²) in [5.41, 5.74) is 1.51. The van der Waals surface area contributed by atoms with Crippen molar-refractivity contribution in [1.82, 2.24) is 0 Å². The van der Waals surface area contributed by atoms with Crippen molar-refractivity contribution in [3.05, 3.63) is 54.1 Å². The van der Waals surface area contributed by atoms with Crippen molar-refractivity contribution in [3.63, 3.8) is 0 Å². The highest BCUT2D eigenvalue weighted by atomic mass is 32.2. The Hall–Kier alpha value is -1.28. The maximum absolute atomic E-state index is 11.7. The predicted octanol–water partition coefficient (Wildman–Crippen LogP) is 3.83. The number of hydrogen-bond acceptors (Lipinski definition) is 2. The predicted molar refractivity (Wildman–Crippen MR) is 65.9 cm³/mol. The van der Waals surface area contributed by atoms with Crippen LogP contribution in [0, 0.1) is 0 Å². The maximum Gasteiger partial charge on any atom is 0.223 e. The largest absolute Gasteiger partial charge is 0.281 e. The summed E-state index contributed by atoms with van der Waals surface area (Å²) < 4.78 is 0. The number of allylic oxidation sites excluding steroid dienone is 2. The van der Waals surface area contributed by atoms with Crippen LogP contribution in [0.3, 0.4) is 0 Å². The zero-order valence-corrected chi connectivity index (χ0v) is 9.80. The van der Waals surface area contributed by atoms with Crippen LogP contribution in [0.4, 0.5) is 0 Å². The second-order valence-corrected chi connectivity index (χ2v) is 4.20. The molecule has 0 aliphatic carbocycles. The Balaban J connectivity index is 2.69. The van der Waals surface area contributed by atoms with Crippen molar-refractivity contribution in [2.45, 2.75) is 18.7 Å². The molecule has 1 aromatic rings. The first-order valence-electron chi connectivity index (χ1n) is 4.74. The van der Waals surface area contributed by atoms with E-state index in [9.17, 15) is 4.79 Å². The van der Waals surface area contributed by atoms with Gasteiger partial charge in [-0.2, -0.15) is 0 Å². The van der Waals surface area contributed by atoms with Crippen LogP contribution >= 0.6 is 11.8 Å². The smallest absolute Gasteiger partial charge is 0.223 e. The molecule has 0 aliphatic heterocycles. The summed E-state index contributed by atoms with van der Waals surface area (Å²) >= 11 is 1.22. The highest BCUT2D eigenvalue weighted by Crippen LogP contribution is 2.23. The first-order valence-corrected chi connectivity index (χ1v) is 5.56. The van der Waals surface area contributed by atoms with E-state index < -0.39 is 0 Å². The van der Waals surface area contributed by atoms with Gasteiger partial charge in [-0.25, -0.2) is 0 Å². The lowest BCUT2D eigenvalue weighted by Crippen LogP contribution is -1.96. The van der Waals surface area contributed by atoms with E-state index in [1.165, 1.54) is 11.8 Å². The first kappa shape index (κ1) is 11.8. The Labute approximate surface area is 94.9 Å². The Bertz CT molecular complexity index is 390. The third kappa shape index (κ3) is 3.40. The number of benzene rings is 1. The molecule has 2 heteroatoms. The van der Waals surface area contributed by atoms with Crippen molar-refractivity contribution in [1.29, 1.82) is 0 Å². The summed E-state index contributed by atoms with van der Waals surface area (Å²) in [6.07, 6.45) is 1.89. The third-order valence-corrected chi connectivity index (χ3v) is 3.05. The van der Waals surface area contributed by atoms with Crippen LogP contribution < -0.4 is 0 Å². The Morgan fingerprint density at radius 3 is 2.47 bits per heavy atom. The topological polar surface area (TPSA) is 17.1 Å². The van der Waals surface area contributed by atoms with E-state index in [4.69, 9.17) is 0 Å². The van der Waals surface area contributed by atoms with Crippen LogP contribution in [0.25, 0.3) is 0 Å². The molecule has 0 fully saturated rings. The highest BCUT2D eigenvalue weighted by molar-refractivity contribution is 8.14. The minimum absolute atomic E-state index is 0.0109. The molecule has 0 unspecified atom stereocenters. The van der Waals surface area contributed by atoms with E-state index in [0.29, 0.717) is 5.57 Å². The second-order valence-electron chi connectivity index (χ2n) is 3.15. The van der Waals surface area contributed by atoms with Gasteiger partial charge in [-0.3, -0.25) is 4.79 Å². The molecule has 0 saturated carbocycles. The number of rotatable bonds is 3. The number of carbonyl (C=O) groups is 1. The molecule has 1 nitrogen and oxygen atoms in total. The quantitative estimate of drug-likeness (QED) is 0.436. The summed E-state index contributed by atoms with van der Waals surface area (Å²) in [5.74, 6) is 0. The molecule has 0 N–H and O–H groups in total. The lowest BCUT2D eigenvalue weighted by atomic mass is 10.1. The zero-order valence-electron chi connectivity index (χ0n) is 8.99. The molecule has 0 aromatic heterocycles. The number of carbonyl (C=O) groups excluding carboxylic acids is 1. The summed E-state index contributed by atoms with van der Waals surface area (Å²) in [5, 5.41) is 0.0109. The van der Waals surface area contributed by atoms with Crippen LogP contribution in [0.2, 0.25) is 0 Å². The summed E-state index contributed by atoms with van der Waals surface area (Å²) in [6, 6.07) is 9.60. The molecule has 0 amide bonds. The van der Waals surface area contributed by atoms with E-state index in [1.807, 2.05) is 50.3 Å². The maximum atomic E-state index is 11.7. The Morgan fingerprint density at radius 1 is 1.33 bits per heavy atom. The van der Waals surface area contributed by atoms with Crippen LogP contribution in [-0.4, -0.2) is 5.12 Å². The van der Waals surface area contributed by atoms with Crippen molar-refractivity contribution in [2.75, 3.05) is 0 Å². The molecule has 15 heavy (non-hydrogen) atoms. The second kappa shape index (κ2) is 5.56. The molecular weight excluding hydrogens is 204 g/mol. The summed E-state index contributed by atoms with van der Waals surface area (Å²) in [7, 11) is 0. The van der Waals surface area contributed by atoms with Gasteiger partial charge in [-0.15, -0.1) is 0 Å². The lowest BCUT2D eigenvalue weighted by Gasteiger charge is -2.03. The minimum Gasteiger partial charge on any atom is -0.281 e. The van der Waals surface area contributed by atoms with Gasteiger partial charge in [0.25, 0.3) is 0 Å². The van der Waals surface area contributed by atoms with Crippen LogP contribution in [0.1, 0.15) is 13.8 Å². The van der Waals surface area contributed by atoms with Gasteiger partial charge in [-0.1, -0.05) is 30.9 Å². The van der Waals surface area contributed by atoms with Crippen molar-refractivity contribution >= 4 is 16.9 Å². The van der Waals surface area contributed by atoms with E-state index in [2.05, 4.69) is 6.58 Å². The Kier molecular flexibility index (Phi) is 4.37. The van der Waals surface area contributed by atoms with Crippen molar-refractivity contribution in [2.24, 2.45) is 0 Å². The highest BCUT2D eigenvalue weighted by Gasteiger charge is 2.09. The van der Waals surface area contributed by atoms with Gasteiger partial charge in [0.15, 0.2) is 0 Å². The van der Waals surface area contributed by atoms with Gasteiger partial charge in [0, 0.05) is 10.5 Å². The minimum atomic E-state index is 0.0109. The Morgan fingerprint density at radius 2 is 1.93 bits per heavy atom. The van der Waals surface area contributed by atoms with E-state index >= 15 is 0 Å². The molecule has 78 valence electrons. The molecule has 0 atom stereocenters. The van der Waals surface area contributed by atoms with Gasteiger partial charge >= 0.3 is 0 Å². The monoisotopic (exact) mass is 218 g/mol. The lowest BCUT2D eigenvalue weighted by molar-refractivity contribution is -0.107. The van der Waals surface area contributed by atoms with Crippen LogP contribution in [0.5, 0.6) is 0 Å². The zero-order chi connectivity index (χ0) is 11.3. The SMILES string of the molecule is C=C(C(=O)Sc1ccccc1)/C(C)=C/C. The van der Waals surface area contributed by atoms with Gasteiger partial charge in [0.05, 0.1) is 0 Å². The van der Waals surface area contributed by atoms with E-state index in [1.54, 1.807) is 0 Å². The first-order chi connectivity index (χ1) is 7.15. The fourth-order valence-electron chi connectivity index (χ4n) is 0.992. The molecule has 0 aliphatic rings. The fraction of sp³-hybridized carbons (Fsp3) is 0.154. The third-order valence-electron chi connectivity index (χ3n) is 2.11. The van der Waals surface area contributed by atoms with Gasteiger partial charge in [0.2, 0.25) is 5.12 Å². The van der Waals surface area contributed by atoms with Crippen molar-refractivity contribution < 1.29 is 4.79 Å². The number of thioether (sulfide) groups is 1. The van der Waals surface area contributed by atoms with Crippen LogP contribution in [-0.2, 0) is 4.79 Å². The standard InChI is InChI=1S/C13H14OS/c1-4-10(2)11(3)13(14)15-12-8-6-5-7-9-12/h4-9H,3H2,1-2H3/b10-4+. The van der Waals surface area contributed by atoms with Gasteiger partial charge in [0.1, 0.15) is 0 Å². The molecular formula is C13H14OS. The number of hydrogen-bond donors (Lipinski definition) is 0. The van der Waals surface area contributed by atoms with Gasteiger partial charge in [-0.05, 0) is 43.3 Å². The average Bonchev–Trinajstić information content (AvgIpc) is 2.28. The molecule has 1 rings (SSSR count). The normalized spacial score (nSPS) is 11.2. The fourth-order valence-corrected chi connectivity index (χ4v) is 1.78. The van der Waals surface area contributed by atoms with E-state index in [0.717, 1.165) is 10.5 Å². The molecule has 1 aromatic carbocycles. The van der Waals surface area contributed by atoms with Crippen molar-refractivity contribution in [3.8, 4) is 0 Å². The van der Waals surface area contributed by atoms with Gasteiger partial charge < -0.3 is 0 Å². The average molecular weight is 218 g/mol.